The van der Waals surface area contributed by atoms with Crippen LogP contribution in [0, 0.1) is 13.8 Å². The molecule has 0 fully saturated rings. The Morgan fingerprint density at radius 1 is 1.04 bits per heavy atom. The third-order valence-corrected chi connectivity index (χ3v) is 4.43. The Labute approximate surface area is 152 Å². The van der Waals surface area contributed by atoms with Gasteiger partial charge in [0.05, 0.1) is 12.8 Å². The lowest BCUT2D eigenvalue weighted by molar-refractivity contribution is 0.0711. The van der Waals surface area contributed by atoms with E-state index in [1.807, 2.05) is 43.3 Å². The molecule has 2 heterocycles. The number of hydrogen-bond donors (Lipinski definition) is 1. The highest BCUT2D eigenvalue weighted by Crippen LogP contribution is 2.22. The van der Waals surface area contributed by atoms with Gasteiger partial charge in [-0.15, -0.1) is 0 Å². The summed E-state index contributed by atoms with van der Waals surface area (Å²) in [4.78, 5) is 29.9. The first-order valence-corrected chi connectivity index (χ1v) is 8.53. The number of nitrogens with zero attached hydrogens (tertiary/aromatic N) is 1. The Kier molecular flexibility index (Phi) is 5.07. The number of aromatic amines is 1. The minimum atomic E-state index is -0.154. The molecule has 1 amide bonds. The average molecular weight is 350 g/mol. The van der Waals surface area contributed by atoms with Crippen LogP contribution in [0.4, 0.5) is 0 Å². The van der Waals surface area contributed by atoms with Crippen molar-refractivity contribution in [3.05, 3.63) is 82.6 Å². The number of aromatic nitrogens is 1. The van der Waals surface area contributed by atoms with E-state index in [0.29, 0.717) is 35.7 Å². The molecule has 2 aromatic heterocycles. The Morgan fingerprint density at radius 3 is 2.35 bits per heavy atom. The molecule has 1 aromatic carbocycles. The van der Waals surface area contributed by atoms with Gasteiger partial charge in [-0.1, -0.05) is 30.3 Å². The zero-order chi connectivity index (χ0) is 18.7. The van der Waals surface area contributed by atoms with Crippen LogP contribution in [0.25, 0.3) is 0 Å². The van der Waals surface area contributed by atoms with Gasteiger partial charge in [0, 0.05) is 17.8 Å². The summed E-state index contributed by atoms with van der Waals surface area (Å²) in [6.07, 6.45) is 1.60. The van der Waals surface area contributed by atoms with Gasteiger partial charge in [0.25, 0.3) is 5.91 Å². The second kappa shape index (κ2) is 7.44. The second-order valence-electron chi connectivity index (χ2n) is 6.41. The normalized spacial score (nSPS) is 10.7. The number of ketones is 1. The number of furan rings is 1. The van der Waals surface area contributed by atoms with E-state index < -0.39 is 0 Å². The minimum Gasteiger partial charge on any atom is -0.467 e. The molecular weight excluding hydrogens is 328 g/mol. The number of hydrogen-bond acceptors (Lipinski definition) is 3. The molecule has 3 rings (SSSR count). The lowest BCUT2D eigenvalue weighted by Gasteiger charge is -2.22. The quantitative estimate of drug-likeness (QED) is 0.675. The van der Waals surface area contributed by atoms with E-state index >= 15 is 0 Å². The SMILES string of the molecule is CC(=O)c1c(C)[nH]c(C(=O)N(Cc2ccccc2)Cc2ccco2)c1C. The highest BCUT2D eigenvalue weighted by Gasteiger charge is 2.24. The summed E-state index contributed by atoms with van der Waals surface area (Å²) in [5.41, 5.74) is 3.48. The van der Waals surface area contributed by atoms with Crippen LogP contribution in [0.2, 0.25) is 0 Å². The summed E-state index contributed by atoms with van der Waals surface area (Å²) in [6.45, 7) is 5.94. The summed E-state index contributed by atoms with van der Waals surface area (Å²) in [5, 5.41) is 0. The number of nitrogens with one attached hydrogen (secondary N) is 1. The fourth-order valence-electron chi connectivity index (χ4n) is 3.24. The molecule has 0 aliphatic rings. The molecule has 5 heteroatoms. The van der Waals surface area contributed by atoms with E-state index in [9.17, 15) is 9.59 Å². The molecule has 0 unspecified atom stereocenters. The number of benzene rings is 1. The second-order valence-corrected chi connectivity index (χ2v) is 6.41. The first-order chi connectivity index (χ1) is 12.5. The van der Waals surface area contributed by atoms with Crippen molar-refractivity contribution in [2.75, 3.05) is 0 Å². The van der Waals surface area contributed by atoms with Crippen LogP contribution in [0.5, 0.6) is 0 Å². The molecule has 0 atom stereocenters. The fourth-order valence-corrected chi connectivity index (χ4v) is 3.24. The molecule has 134 valence electrons. The first kappa shape index (κ1) is 17.7. The molecule has 1 N–H and O–H groups in total. The Balaban J connectivity index is 1.94. The molecule has 0 bridgehead atoms. The van der Waals surface area contributed by atoms with Gasteiger partial charge in [-0.3, -0.25) is 9.59 Å². The van der Waals surface area contributed by atoms with Crippen LogP contribution in [0.3, 0.4) is 0 Å². The molecule has 0 saturated carbocycles. The van der Waals surface area contributed by atoms with Crippen LogP contribution >= 0.6 is 0 Å². The van der Waals surface area contributed by atoms with Crippen molar-refractivity contribution in [1.82, 2.24) is 9.88 Å². The minimum absolute atomic E-state index is 0.0454. The molecule has 0 saturated heterocycles. The van der Waals surface area contributed by atoms with Gasteiger partial charge in [-0.25, -0.2) is 0 Å². The Morgan fingerprint density at radius 2 is 1.77 bits per heavy atom. The van der Waals surface area contributed by atoms with Gasteiger partial charge in [-0.2, -0.15) is 0 Å². The van der Waals surface area contributed by atoms with E-state index in [-0.39, 0.29) is 11.7 Å². The number of carbonyl (C=O) groups excluding carboxylic acids is 2. The van der Waals surface area contributed by atoms with E-state index in [4.69, 9.17) is 4.42 Å². The van der Waals surface area contributed by atoms with Crippen molar-refractivity contribution < 1.29 is 14.0 Å². The number of rotatable bonds is 6. The summed E-state index contributed by atoms with van der Waals surface area (Å²) in [7, 11) is 0. The molecule has 26 heavy (non-hydrogen) atoms. The van der Waals surface area contributed by atoms with Crippen molar-refractivity contribution in [2.45, 2.75) is 33.9 Å². The molecule has 0 aliphatic carbocycles. The van der Waals surface area contributed by atoms with E-state index in [1.165, 1.54) is 6.92 Å². The fraction of sp³-hybridized carbons (Fsp3) is 0.238. The maximum Gasteiger partial charge on any atom is 0.271 e. The smallest absolute Gasteiger partial charge is 0.271 e. The van der Waals surface area contributed by atoms with E-state index in [1.54, 1.807) is 24.2 Å². The predicted octanol–water partition coefficient (Wildman–Crippen LogP) is 4.27. The molecule has 3 aromatic rings. The topological polar surface area (TPSA) is 66.3 Å². The summed E-state index contributed by atoms with van der Waals surface area (Å²) < 4.78 is 5.43. The van der Waals surface area contributed by atoms with Crippen molar-refractivity contribution in [1.29, 1.82) is 0 Å². The third-order valence-electron chi connectivity index (χ3n) is 4.43. The van der Waals surface area contributed by atoms with Gasteiger partial charge in [-0.05, 0) is 44.0 Å². The van der Waals surface area contributed by atoms with Gasteiger partial charge >= 0.3 is 0 Å². The maximum absolute atomic E-state index is 13.2. The Bertz CT molecular complexity index is 908. The monoisotopic (exact) mass is 350 g/mol. The van der Waals surface area contributed by atoms with Crippen LogP contribution in [-0.4, -0.2) is 21.6 Å². The number of H-pyrrole nitrogens is 1. The number of aryl methyl sites for hydroxylation is 1. The van der Waals surface area contributed by atoms with Gasteiger partial charge in [0.1, 0.15) is 11.5 Å². The summed E-state index contributed by atoms with van der Waals surface area (Å²) in [6, 6.07) is 13.5. The lowest BCUT2D eigenvalue weighted by atomic mass is 10.1. The number of amides is 1. The zero-order valence-corrected chi connectivity index (χ0v) is 15.2. The van der Waals surface area contributed by atoms with Crippen molar-refractivity contribution in [2.24, 2.45) is 0 Å². The molecule has 0 spiro atoms. The predicted molar refractivity (Wildman–Crippen MR) is 99.0 cm³/mol. The zero-order valence-electron chi connectivity index (χ0n) is 15.2. The van der Waals surface area contributed by atoms with Crippen LogP contribution in [0.15, 0.2) is 53.1 Å². The molecule has 0 radical (unpaired) electrons. The maximum atomic E-state index is 13.2. The third kappa shape index (κ3) is 3.61. The summed E-state index contributed by atoms with van der Waals surface area (Å²) >= 11 is 0. The number of carbonyl (C=O) groups is 2. The largest absolute Gasteiger partial charge is 0.467 e. The number of Topliss-reactive ketones (excluding diaryl/α,β-unsaturated/α-hetero) is 1. The van der Waals surface area contributed by atoms with Gasteiger partial charge in [0.2, 0.25) is 0 Å². The van der Waals surface area contributed by atoms with Crippen molar-refractivity contribution in [3.63, 3.8) is 0 Å². The molecule has 0 aliphatic heterocycles. The first-order valence-electron chi connectivity index (χ1n) is 8.53. The van der Waals surface area contributed by atoms with Crippen LogP contribution < -0.4 is 0 Å². The van der Waals surface area contributed by atoms with Crippen LogP contribution in [-0.2, 0) is 13.1 Å². The van der Waals surface area contributed by atoms with E-state index in [2.05, 4.69) is 4.98 Å². The van der Waals surface area contributed by atoms with Crippen molar-refractivity contribution in [3.8, 4) is 0 Å². The van der Waals surface area contributed by atoms with Crippen LogP contribution in [0.1, 0.15) is 50.4 Å². The highest BCUT2D eigenvalue weighted by atomic mass is 16.3. The average Bonchev–Trinajstić information content (AvgIpc) is 3.22. The van der Waals surface area contributed by atoms with E-state index in [0.717, 1.165) is 11.3 Å². The van der Waals surface area contributed by atoms with Gasteiger partial charge < -0.3 is 14.3 Å². The standard InChI is InChI=1S/C21H22N2O3/c1-14-19(16(3)24)15(2)22-20(14)21(25)23(13-18-10-7-11-26-18)12-17-8-5-4-6-9-17/h4-11,22H,12-13H2,1-3H3. The Hall–Kier alpha value is -3.08. The molecule has 5 nitrogen and oxygen atoms in total. The summed E-state index contributed by atoms with van der Waals surface area (Å²) in [5.74, 6) is 0.510. The van der Waals surface area contributed by atoms with Crippen molar-refractivity contribution >= 4 is 11.7 Å². The highest BCUT2D eigenvalue weighted by molar-refractivity contribution is 6.02. The molecular formula is C21H22N2O3. The lowest BCUT2D eigenvalue weighted by Crippen LogP contribution is -2.30. The van der Waals surface area contributed by atoms with Gasteiger partial charge in [0.15, 0.2) is 5.78 Å².